The normalized spacial score (nSPS) is 11.0. The van der Waals surface area contributed by atoms with Gasteiger partial charge in [0, 0.05) is 6.54 Å². The molecule has 112 valence electrons. The first-order valence-corrected chi connectivity index (χ1v) is 7.29. The average Bonchev–Trinajstić information content (AvgIpc) is 2.30. The summed E-state index contributed by atoms with van der Waals surface area (Å²) in [5, 5.41) is 17.8. The minimum absolute atomic E-state index is 0. The van der Waals surface area contributed by atoms with Gasteiger partial charge >= 0.3 is 0 Å². The number of unbranched alkanes of at least 4 members (excludes halogenated alkanes) is 7. The third kappa shape index (κ3) is 14.2. The maximum atomic E-state index is 8.89. The first-order chi connectivity index (χ1) is 8.20. The van der Waals surface area contributed by atoms with Crippen molar-refractivity contribution >= 4 is 12.4 Å². The van der Waals surface area contributed by atoms with Gasteiger partial charge in [-0.2, -0.15) is 0 Å². The van der Waals surface area contributed by atoms with Gasteiger partial charge in [0.1, 0.15) is 0 Å². The van der Waals surface area contributed by atoms with Crippen molar-refractivity contribution in [3.8, 4) is 0 Å². The molecule has 0 aliphatic rings. The summed E-state index contributed by atoms with van der Waals surface area (Å²) < 4.78 is 0. The molecule has 0 unspecified atom stereocenters. The van der Waals surface area contributed by atoms with Gasteiger partial charge in [-0.15, -0.1) is 12.4 Å². The second-order valence-electron chi connectivity index (χ2n) is 4.85. The van der Waals surface area contributed by atoms with Crippen LogP contribution in [0.15, 0.2) is 0 Å². The monoisotopic (exact) mass is 281 g/mol. The van der Waals surface area contributed by atoms with Crippen LogP contribution < -0.4 is 0 Å². The lowest BCUT2D eigenvalue weighted by atomic mass is 10.1. The molecule has 2 N–H and O–H groups in total. The molecule has 0 heterocycles. The molecule has 3 nitrogen and oxygen atoms in total. The zero-order chi connectivity index (χ0) is 12.9. The van der Waals surface area contributed by atoms with E-state index in [1.807, 2.05) is 0 Å². The Kier molecular flexibility index (Phi) is 17.3. The van der Waals surface area contributed by atoms with Crippen molar-refractivity contribution in [2.24, 2.45) is 0 Å². The third-order valence-electron chi connectivity index (χ3n) is 3.20. The Balaban J connectivity index is 0. The summed E-state index contributed by atoms with van der Waals surface area (Å²) in [5.74, 6) is 0. The summed E-state index contributed by atoms with van der Waals surface area (Å²) in [4.78, 5) is 2.10. The highest BCUT2D eigenvalue weighted by atomic mass is 35.5. The molecule has 0 bridgehead atoms. The van der Waals surface area contributed by atoms with E-state index in [1.54, 1.807) is 0 Å². The SMILES string of the molecule is CCCCCCCCCCN(CC)CC(O)O.Cl. The quantitative estimate of drug-likeness (QED) is 0.427. The van der Waals surface area contributed by atoms with Crippen LogP contribution in [0.4, 0.5) is 0 Å². The molecule has 0 rings (SSSR count). The van der Waals surface area contributed by atoms with Gasteiger partial charge in [-0.25, -0.2) is 0 Å². The van der Waals surface area contributed by atoms with Crippen LogP contribution in [0.3, 0.4) is 0 Å². The van der Waals surface area contributed by atoms with Gasteiger partial charge in [-0.3, -0.25) is 4.90 Å². The molecule has 18 heavy (non-hydrogen) atoms. The van der Waals surface area contributed by atoms with E-state index in [0.717, 1.165) is 13.1 Å². The van der Waals surface area contributed by atoms with E-state index in [-0.39, 0.29) is 12.4 Å². The highest BCUT2D eigenvalue weighted by molar-refractivity contribution is 5.85. The molecule has 0 aromatic carbocycles. The number of nitrogens with zero attached hydrogens (tertiary/aromatic N) is 1. The zero-order valence-electron chi connectivity index (χ0n) is 12.1. The fourth-order valence-corrected chi connectivity index (χ4v) is 2.08. The van der Waals surface area contributed by atoms with Crippen LogP contribution in [0.1, 0.15) is 65.2 Å². The Morgan fingerprint density at radius 1 is 0.833 bits per heavy atom. The lowest BCUT2D eigenvalue weighted by Gasteiger charge is -2.20. The minimum Gasteiger partial charge on any atom is -0.367 e. The van der Waals surface area contributed by atoms with Crippen LogP contribution >= 0.6 is 12.4 Å². The summed E-state index contributed by atoms with van der Waals surface area (Å²) in [6, 6.07) is 0. The van der Waals surface area contributed by atoms with E-state index < -0.39 is 6.29 Å². The van der Waals surface area contributed by atoms with Crippen molar-refractivity contribution in [3.05, 3.63) is 0 Å². The van der Waals surface area contributed by atoms with Gasteiger partial charge in [0.2, 0.25) is 0 Å². The molecule has 0 saturated heterocycles. The average molecular weight is 282 g/mol. The zero-order valence-corrected chi connectivity index (χ0v) is 12.9. The predicted molar refractivity (Wildman–Crippen MR) is 80.2 cm³/mol. The Labute approximate surface area is 119 Å². The maximum Gasteiger partial charge on any atom is 0.164 e. The van der Waals surface area contributed by atoms with Crippen molar-refractivity contribution in [2.45, 2.75) is 71.5 Å². The molecule has 0 spiro atoms. The highest BCUT2D eigenvalue weighted by Crippen LogP contribution is 2.08. The molecular weight excluding hydrogens is 250 g/mol. The van der Waals surface area contributed by atoms with E-state index in [1.165, 1.54) is 51.4 Å². The minimum atomic E-state index is -1.19. The summed E-state index contributed by atoms with van der Waals surface area (Å²) in [7, 11) is 0. The third-order valence-corrected chi connectivity index (χ3v) is 3.20. The number of hydrogen-bond donors (Lipinski definition) is 2. The van der Waals surface area contributed by atoms with Gasteiger partial charge in [-0.05, 0) is 19.5 Å². The highest BCUT2D eigenvalue weighted by Gasteiger charge is 2.06. The van der Waals surface area contributed by atoms with Crippen molar-refractivity contribution in [1.82, 2.24) is 4.90 Å². The lowest BCUT2D eigenvalue weighted by Crippen LogP contribution is -2.32. The van der Waals surface area contributed by atoms with Gasteiger partial charge < -0.3 is 10.2 Å². The molecule has 0 aliphatic heterocycles. The van der Waals surface area contributed by atoms with Crippen LogP contribution in [0.25, 0.3) is 0 Å². The smallest absolute Gasteiger partial charge is 0.164 e. The first-order valence-electron chi connectivity index (χ1n) is 7.29. The topological polar surface area (TPSA) is 43.7 Å². The fourth-order valence-electron chi connectivity index (χ4n) is 2.08. The summed E-state index contributed by atoms with van der Waals surface area (Å²) in [6.07, 6.45) is 9.38. The second kappa shape index (κ2) is 15.2. The number of aliphatic hydroxyl groups excluding tert-OH is 1. The van der Waals surface area contributed by atoms with Gasteiger partial charge in [0.05, 0.1) is 0 Å². The van der Waals surface area contributed by atoms with E-state index >= 15 is 0 Å². The van der Waals surface area contributed by atoms with Crippen LogP contribution in [0.2, 0.25) is 0 Å². The molecule has 0 atom stereocenters. The second-order valence-corrected chi connectivity index (χ2v) is 4.85. The Morgan fingerprint density at radius 3 is 1.78 bits per heavy atom. The van der Waals surface area contributed by atoms with E-state index in [9.17, 15) is 0 Å². The van der Waals surface area contributed by atoms with Crippen LogP contribution in [0.5, 0.6) is 0 Å². The molecular formula is C14H32ClNO2. The molecule has 0 radical (unpaired) electrons. The van der Waals surface area contributed by atoms with Gasteiger partial charge in [0.15, 0.2) is 6.29 Å². The summed E-state index contributed by atoms with van der Waals surface area (Å²) in [5.41, 5.74) is 0. The van der Waals surface area contributed by atoms with Gasteiger partial charge in [-0.1, -0.05) is 58.8 Å². The van der Waals surface area contributed by atoms with Crippen molar-refractivity contribution in [1.29, 1.82) is 0 Å². The maximum absolute atomic E-state index is 8.89. The van der Waals surface area contributed by atoms with Gasteiger partial charge in [0.25, 0.3) is 0 Å². The molecule has 4 heteroatoms. The number of aliphatic hydroxyl groups is 2. The molecule has 0 fully saturated rings. The number of halogens is 1. The van der Waals surface area contributed by atoms with Crippen LogP contribution in [-0.2, 0) is 0 Å². The molecule has 0 aromatic rings. The van der Waals surface area contributed by atoms with Crippen molar-refractivity contribution in [2.75, 3.05) is 19.6 Å². The van der Waals surface area contributed by atoms with Crippen molar-refractivity contribution in [3.63, 3.8) is 0 Å². The van der Waals surface area contributed by atoms with E-state index in [2.05, 4.69) is 18.7 Å². The molecule has 0 aliphatic carbocycles. The summed E-state index contributed by atoms with van der Waals surface area (Å²) in [6.45, 7) is 6.58. The Morgan fingerprint density at radius 2 is 1.33 bits per heavy atom. The van der Waals surface area contributed by atoms with Crippen LogP contribution in [-0.4, -0.2) is 41.0 Å². The van der Waals surface area contributed by atoms with Crippen LogP contribution in [0, 0.1) is 0 Å². The summed E-state index contributed by atoms with van der Waals surface area (Å²) >= 11 is 0. The van der Waals surface area contributed by atoms with E-state index in [0.29, 0.717) is 6.54 Å². The van der Waals surface area contributed by atoms with E-state index in [4.69, 9.17) is 10.2 Å². The molecule has 0 aromatic heterocycles. The fraction of sp³-hybridized carbons (Fsp3) is 1.00. The Bertz CT molecular complexity index is 157. The first kappa shape index (κ1) is 20.5. The Hall–Kier alpha value is 0.170. The largest absolute Gasteiger partial charge is 0.367 e. The van der Waals surface area contributed by atoms with Crippen molar-refractivity contribution < 1.29 is 10.2 Å². The molecule has 0 amide bonds. The standard InChI is InChI=1S/C14H31NO2.ClH/c1-3-5-6-7-8-9-10-11-12-15(4-2)13-14(16)17;/h14,16-17H,3-13H2,1-2H3;1H. The predicted octanol–water partition coefficient (Wildman–Crippen LogP) is 3.18. The lowest BCUT2D eigenvalue weighted by molar-refractivity contribution is -0.0606. The molecule has 0 saturated carbocycles. The number of rotatable bonds is 12. The number of likely N-dealkylation sites (N-methyl/N-ethyl adjacent to an activating group) is 1. The number of hydrogen-bond acceptors (Lipinski definition) is 3.